The van der Waals surface area contributed by atoms with Gasteiger partial charge in [-0.05, 0) is 26.8 Å². The van der Waals surface area contributed by atoms with Gasteiger partial charge in [0.25, 0.3) is 0 Å². The van der Waals surface area contributed by atoms with Crippen molar-refractivity contribution in [1.82, 2.24) is 0 Å². The van der Waals surface area contributed by atoms with Crippen molar-refractivity contribution in [3.8, 4) is 5.75 Å². The Balaban J connectivity index is 2.71. The van der Waals surface area contributed by atoms with E-state index >= 15 is 0 Å². The van der Waals surface area contributed by atoms with E-state index in [0.717, 1.165) is 11.4 Å². The summed E-state index contributed by atoms with van der Waals surface area (Å²) in [5.41, 5.74) is 7.37. The first-order chi connectivity index (χ1) is 8.38. The van der Waals surface area contributed by atoms with Crippen molar-refractivity contribution >= 4 is 22.2 Å². The fourth-order valence-corrected chi connectivity index (χ4v) is 1.76. The summed E-state index contributed by atoms with van der Waals surface area (Å²) < 4.78 is 16.9. The van der Waals surface area contributed by atoms with Gasteiger partial charge < -0.3 is 15.8 Å². The number of nitrogens with two attached hydrogens (primary N) is 1. The third kappa shape index (κ3) is 4.96. The van der Waals surface area contributed by atoms with E-state index in [1.54, 1.807) is 12.3 Å². The Morgan fingerprint density at radius 3 is 2.56 bits per heavy atom. The number of hydrogen-bond donors (Lipinski definition) is 2. The Kier molecular flexibility index (Phi) is 5.47. The van der Waals surface area contributed by atoms with Gasteiger partial charge in [-0.25, -0.2) is 0 Å². The Labute approximate surface area is 111 Å². The lowest BCUT2D eigenvalue weighted by Crippen LogP contribution is -2.20. The third-order valence-corrected chi connectivity index (χ3v) is 3.76. The van der Waals surface area contributed by atoms with Gasteiger partial charge in [-0.3, -0.25) is 4.21 Å². The summed E-state index contributed by atoms with van der Waals surface area (Å²) in [6, 6.07) is 5.55. The van der Waals surface area contributed by atoms with Crippen LogP contribution >= 0.6 is 0 Å². The van der Waals surface area contributed by atoms with E-state index < -0.39 is 10.8 Å². The summed E-state index contributed by atoms with van der Waals surface area (Å²) >= 11 is 0. The molecule has 0 heterocycles. The molecule has 0 amide bonds. The molecule has 18 heavy (non-hydrogen) atoms. The molecule has 0 spiro atoms. The molecule has 1 aromatic rings. The van der Waals surface area contributed by atoms with Crippen LogP contribution in [0.1, 0.15) is 20.8 Å². The molecule has 0 saturated heterocycles. The molecule has 5 heteroatoms. The number of nitrogens with one attached hydrogen (secondary N) is 1. The molecular formula is C13H22N2O2S. The van der Waals surface area contributed by atoms with Crippen molar-refractivity contribution in [2.24, 2.45) is 0 Å². The van der Waals surface area contributed by atoms with Gasteiger partial charge >= 0.3 is 0 Å². The molecule has 1 rings (SSSR count). The topological polar surface area (TPSA) is 64.3 Å². The van der Waals surface area contributed by atoms with Crippen molar-refractivity contribution in [3.63, 3.8) is 0 Å². The Morgan fingerprint density at radius 2 is 2.00 bits per heavy atom. The molecule has 0 fully saturated rings. The van der Waals surface area contributed by atoms with Crippen LogP contribution < -0.4 is 15.8 Å². The highest BCUT2D eigenvalue weighted by molar-refractivity contribution is 7.84. The van der Waals surface area contributed by atoms with Crippen LogP contribution in [-0.4, -0.2) is 28.4 Å². The highest BCUT2D eigenvalue weighted by Crippen LogP contribution is 2.23. The SMILES string of the molecule is CC(C)Oc1cc(N)cc(NCC(C)S(C)=O)c1. The van der Waals surface area contributed by atoms with Gasteiger partial charge in [-0.15, -0.1) is 0 Å². The van der Waals surface area contributed by atoms with Crippen molar-refractivity contribution in [2.75, 3.05) is 23.9 Å². The maximum absolute atomic E-state index is 11.3. The molecule has 4 nitrogen and oxygen atoms in total. The molecule has 0 aromatic heterocycles. The molecule has 3 N–H and O–H groups in total. The molecule has 0 aliphatic heterocycles. The largest absolute Gasteiger partial charge is 0.491 e. The zero-order chi connectivity index (χ0) is 13.7. The molecule has 102 valence electrons. The van der Waals surface area contributed by atoms with E-state index in [-0.39, 0.29) is 11.4 Å². The van der Waals surface area contributed by atoms with Crippen molar-refractivity contribution < 1.29 is 8.95 Å². The van der Waals surface area contributed by atoms with Gasteiger partial charge in [0.05, 0.1) is 6.10 Å². The van der Waals surface area contributed by atoms with Crippen LogP contribution in [-0.2, 0) is 10.8 Å². The number of hydrogen-bond acceptors (Lipinski definition) is 4. The normalized spacial score (nSPS) is 14.3. The van der Waals surface area contributed by atoms with E-state index in [4.69, 9.17) is 10.5 Å². The number of anilines is 2. The summed E-state index contributed by atoms with van der Waals surface area (Å²) in [6.45, 7) is 6.53. The second kappa shape index (κ2) is 6.64. The Morgan fingerprint density at radius 1 is 1.33 bits per heavy atom. The smallest absolute Gasteiger partial charge is 0.123 e. The van der Waals surface area contributed by atoms with Crippen LogP contribution in [0.2, 0.25) is 0 Å². The van der Waals surface area contributed by atoms with Crippen molar-refractivity contribution in [3.05, 3.63) is 18.2 Å². The van der Waals surface area contributed by atoms with Crippen LogP contribution in [0, 0.1) is 0 Å². The van der Waals surface area contributed by atoms with Crippen LogP contribution in [0.3, 0.4) is 0 Å². The minimum absolute atomic E-state index is 0.0981. The predicted molar refractivity (Wildman–Crippen MR) is 78.6 cm³/mol. The van der Waals surface area contributed by atoms with E-state index in [0.29, 0.717) is 12.2 Å². The summed E-state index contributed by atoms with van der Waals surface area (Å²) in [6.07, 6.45) is 1.82. The molecule has 0 radical (unpaired) electrons. The summed E-state index contributed by atoms with van der Waals surface area (Å²) in [5, 5.41) is 3.33. The zero-order valence-electron chi connectivity index (χ0n) is 11.4. The molecule has 2 atom stereocenters. The Bertz CT molecular complexity index is 421. The van der Waals surface area contributed by atoms with Crippen LogP contribution in [0.5, 0.6) is 5.75 Å². The lowest BCUT2D eigenvalue weighted by atomic mass is 10.2. The fourth-order valence-electron chi connectivity index (χ4n) is 1.44. The quantitative estimate of drug-likeness (QED) is 0.778. The first-order valence-corrected chi connectivity index (χ1v) is 7.64. The first-order valence-electron chi connectivity index (χ1n) is 6.02. The summed E-state index contributed by atoms with van der Waals surface area (Å²) in [5.74, 6) is 0.748. The molecular weight excluding hydrogens is 248 g/mol. The highest BCUT2D eigenvalue weighted by atomic mass is 32.2. The zero-order valence-corrected chi connectivity index (χ0v) is 12.2. The van der Waals surface area contributed by atoms with Gasteiger partial charge in [0, 0.05) is 52.4 Å². The second-order valence-electron chi connectivity index (χ2n) is 4.65. The first kappa shape index (κ1) is 14.8. The van der Waals surface area contributed by atoms with Gasteiger partial charge in [0.15, 0.2) is 0 Å². The standard InChI is InChI=1S/C13H22N2O2S/c1-9(2)17-13-6-11(14)5-12(7-13)15-8-10(3)18(4)16/h5-7,9-10,15H,8,14H2,1-4H3. The summed E-state index contributed by atoms with van der Waals surface area (Å²) in [7, 11) is -0.829. The fraction of sp³-hybridized carbons (Fsp3) is 0.538. The minimum atomic E-state index is -0.829. The maximum Gasteiger partial charge on any atom is 0.123 e. The number of benzene rings is 1. The van der Waals surface area contributed by atoms with Crippen molar-refractivity contribution in [1.29, 1.82) is 0 Å². The second-order valence-corrected chi connectivity index (χ2v) is 6.45. The summed E-state index contributed by atoms with van der Waals surface area (Å²) in [4.78, 5) is 0. The average Bonchev–Trinajstić information content (AvgIpc) is 2.23. The van der Waals surface area contributed by atoms with Gasteiger partial charge in [0.1, 0.15) is 5.75 Å². The maximum atomic E-state index is 11.3. The third-order valence-electron chi connectivity index (χ3n) is 2.46. The molecule has 2 unspecified atom stereocenters. The van der Waals surface area contributed by atoms with E-state index in [1.165, 1.54) is 0 Å². The van der Waals surface area contributed by atoms with Crippen LogP contribution in [0.15, 0.2) is 18.2 Å². The van der Waals surface area contributed by atoms with Crippen molar-refractivity contribution in [2.45, 2.75) is 32.1 Å². The molecule has 0 aliphatic carbocycles. The number of ether oxygens (including phenoxy) is 1. The van der Waals surface area contributed by atoms with E-state index in [1.807, 2.05) is 32.9 Å². The molecule has 1 aromatic carbocycles. The van der Waals surface area contributed by atoms with E-state index in [9.17, 15) is 4.21 Å². The van der Waals surface area contributed by atoms with Gasteiger partial charge in [-0.2, -0.15) is 0 Å². The Hall–Kier alpha value is -1.23. The lowest BCUT2D eigenvalue weighted by molar-refractivity contribution is 0.242. The highest BCUT2D eigenvalue weighted by Gasteiger charge is 2.07. The number of rotatable bonds is 6. The number of nitrogen functional groups attached to an aromatic ring is 1. The van der Waals surface area contributed by atoms with E-state index in [2.05, 4.69) is 5.32 Å². The monoisotopic (exact) mass is 270 g/mol. The van der Waals surface area contributed by atoms with Crippen LogP contribution in [0.4, 0.5) is 11.4 Å². The van der Waals surface area contributed by atoms with Gasteiger partial charge in [0.2, 0.25) is 0 Å². The molecule has 0 aliphatic rings. The minimum Gasteiger partial charge on any atom is -0.491 e. The molecule has 0 bridgehead atoms. The van der Waals surface area contributed by atoms with Gasteiger partial charge in [-0.1, -0.05) is 0 Å². The average molecular weight is 270 g/mol. The van der Waals surface area contributed by atoms with Crippen LogP contribution in [0.25, 0.3) is 0 Å². The lowest BCUT2D eigenvalue weighted by Gasteiger charge is -2.15. The molecule has 0 saturated carbocycles. The predicted octanol–water partition coefficient (Wildman–Crippen LogP) is 2.23.